The molecule has 0 aliphatic heterocycles. The van der Waals surface area contributed by atoms with Crippen molar-refractivity contribution < 1.29 is 13.2 Å². The third-order valence-corrected chi connectivity index (χ3v) is 5.42. The molecule has 1 fully saturated rings. The van der Waals surface area contributed by atoms with Crippen LogP contribution in [0.3, 0.4) is 0 Å². The fourth-order valence-corrected chi connectivity index (χ4v) is 3.19. The highest BCUT2D eigenvalue weighted by Crippen LogP contribution is 2.34. The number of rotatable bonds is 4. The molecule has 1 aromatic heterocycles. The Hall–Kier alpha value is -1.17. The predicted molar refractivity (Wildman–Crippen MR) is 62.8 cm³/mol. The number of nitrogens with zero attached hydrogens (tertiary/aromatic N) is 2. The maximum absolute atomic E-state index is 12.2. The first-order valence-corrected chi connectivity index (χ1v) is 7.29. The number of aromatic nitrogens is 2. The second kappa shape index (κ2) is 4.25. The molecule has 6 heteroatoms. The molecule has 1 heterocycles. The molecule has 1 aromatic rings. The molecule has 0 aromatic carbocycles. The predicted octanol–water partition coefficient (Wildman–Crippen LogP) is 1.60. The maximum Gasteiger partial charge on any atom is 0.198 e. The number of carbonyl (C=O) groups excluding carboxylic acids is 1. The van der Waals surface area contributed by atoms with Crippen LogP contribution >= 0.6 is 0 Å². The Balaban J connectivity index is 2.56. The van der Waals surface area contributed by atoms with Gasteiger partial charge in [-0.2, -0.15) is 5.10 Å². The van der Waals surface area contributed by atoms with Gasteiger partial charge >= 0.3 is 0 Å². The molecule has 0 amide bonds. The van der Waals surface area contributed by atoms with E-state index in [0.717, 1.165) is 19.3 Å². The van der Waals surface area contributed by atoms with E-state index in [0.29, 0.717) is 6.29 Å². The van der Waals surface area contributed by atoms with Crippen LogP contribution in [0, 0.1) is 0 Å². The van der Waals surface area contributed by atoms with E-state index in [9.17, 15) is 13.2 Å². The van der Waals surface area contributed by atoms with Crippen LogP contribution in [0.4, 0.5) is 0 Å². The van der Waals surface area contributed by atoms with Gasteiger partial charge in [-0.15, -0.1) is 0 Å². The summed E-state index contributed by atoms with van der Waals surface area (Å²) in [6.07, 6.45) is 4.86. The average molecular weight is 256 g/mol. The number of hydrogen-bond donors (Lipinski definition) is 0. The number of hydrogen-bond acceptors (Lipinski definition) is 4. The van der Waals surface area contributed by atoms with Crippen LogP contribution in [0.1, 0.15) is 49.5 Å². The molecule has 5 nitrogen and oxygen atoms in total. The van der Waals surface area contributed by atoms with E-state index < -0.39 is 15.1 Å². The van der Waals surface area contributed by atoms with E-state index >= 15 is 0 Å². The fourth-order valence-electron chi connectivity index (χ4n) is 1.85. The zero-order valence-electron chi connectivity index (χ0n) is 9.96. The van der Waals surface area contributed by atoms with Crippen molar-refractivity contribution in [2.75, 3.05) is 0 Å². The highest BCUT2D eigenvalue weighted by molar-refractivity contribution is 7.92. The van der Waals surface area contributed by atoms with Crippen molar-refractivity contribution >= 4 is 16.1 Å². The van der Waals surface area contributed by atoms with E-state index in [4.69, 9.17) is 0 Å². The molecule has 0 saturated heterocycles. The van der Waals surface area contributed by atoms with Gasteiger partial charge in [0.05, 0.1) is 23.1 Å². The van der Waals surface area contributed by atoms with Gasteiger partial charge in [0.1, 0.15) is 0 Å². The monoisotopic (exact) mass is 256 g/mol. The molecular formula is C11H16N2O3S. The average Bonchev–Trinajstić information content (AvgIpc) is 2.59. The van der Waals surface area contributed by atoms with Gasteiger partial charge in [0, 0.05) is 0 Å². The molecule has 1 aliphatic carbocycles. The molecule has 0 radical (unpaired) electrons. The van der Waals surface area contributed by atoms with E-state index in [-0.39, 0.29) is 16.6 Å². The Morgan fingerprint density at radius 3 is 2.53 bits per heavy atom. The highest BCUT2D eigenvalue weighted by atomic mass is 32.2. The molecular weight excluding hydrogens is 240 g/mol. The van der Waals surface area contributed by atoms with Crippen molar-refractivity contribution in [3.8, 4) is 0 Å². The van der Waals surface area contributed by atoms with Gasteiger partial charge in [0.2, 0.25) is 0 Å². The van der Waals surface area contributed by atoms with Crippen molar-refractivity contribution in [2.24, 2.45) is 0 Å². The molecule has 1 aliphatic rings. The molecule has 2 rings (SSSR count). The van der Waals surface area contributed by atoms with Gasteiger partial charge < -0.3 is 0 Å². The molecule has 0 bridgehead atoms. The van der Waals surface area contributed by atoms with Crippen molar-refractivity contribution in [1.82, 2.24) is 9.78 Å². The molecule has 0 N–H and O–H groups in total. The lowest BCUT2D eigenvalue weighted by Gasteiger charge is -2.27. The summed E-state index contributed by atoms with van der Waals surface area (Å²) in [6.45, 7) is 3.23. The Morgan fingerprint density at radius 1 is 1.47 bits per heavy atom. The van der Waals surface area contributed by atoms with Gasteiger partial charge in [0.25, 0.3) is 0 Å². The second-order valence-corrected chi connectivity index (χ2v) is 7.07. The number of carbonyl (C=O) groups is 1. The van der Waals surface area contributed by atoms with E-state index in [1.54, 1.807) is 13.8 Å². The Kier molecular flexibility index (Phi) is 3.07. The third-order valence-electron chi connectivity index (χ3n) is 3.21. The largest absolute Gasteiger partial charge is 0.298 e. The molecule has 17 heavy (non-hydrogen) atoms. The third kappa shape index (κ3) is 1.90. The second-order valence-electron chi connectivity index (χ2n) is 4.65. The summed E-state index contributed by atoms with van der Waals surface area (Å²) >= 11 is 0. The topological polar surface area (TPSA) is 69.0 Å². The first-order valence-electron chi connectivity index (χ1n) is 5.75. The minimum absolute atomic E-state index is 0.0900. The standard InChI is InChI=1S/C11H16N2O3S/c1-8(2)17(15,16)11-9(7-14)6-12-13(11)10-4-3-5-10/h6-8,10H,3-5H2,1-2H3. The van der Waals surface area contributed by atoms with Gasteiger partial charge in [-0.1, -0.05) is 0 Å². The Morgan fingerprint density at radius 2 is 2.12 bits per heavy atom. The van der Waals surface area contributed by atoms with Crippen molar-refractivity contribution in [3.05, 3.63) is 11.8 Å². The van der Waals surface area contributed by atoms with Gasteiger partial charge in [0.15, 0.2) is 21.1 Å². The van der Waals surface area contributed by atoms with Crippen LogP contribution in [-0.2, 0) is 9.84 Å². The fraction of sp³-hybridized carbons (Fsp3) is 0.636. The zero-order chi connectivity index (χ0) is 12.6. The van der Waals surface area contributed by atoms with Crippen LogP contribution in [0.15, 0.2) is 11.2 Å². The van der Waals surface area contributed by atoms with Crippen molar-refractivity contribution in [2.45, 2.75) is 49.4 Å². The van der Waals surface area contributed by atoms with Crippen LogP contribution in [0.2, 0.25) is 0 Å². The lowest BCUT2D eigenvalue weighted by atomic mass is 9.93. The SMILES string of the molecule is CC(C)S(=O)(=O)c1c(C=O)cnn1C1CCC1. The first-order chi connectivity index (χ1) is 7.98. The van der Waals surface area contributed by atoms with E-state index in [1.807, 2.05) is 0 Å². The van der Waals surface area contributed by atoms with E-state index in [2.05, 4.69) is 5.10 Å². The number of sulfone groups is 1. The van der Waals surface area contributed by atoms with E-state index in [1.165, 1.54) is 10.9 Å². The van der Waals surface area contributed by atoms with Gasteiger partial charge in [-0.25, -0.2) is 8.42 Å². The lowest BCUT2D eigenvalue weighted by molar-refractivity contribution is 0.111. The number of aldehydes is 1. The summed E-state index contributed by atoms with van der Waals surface area (Å²) in [6, 6.07) is 0.132. The zero-order valence-corrected chi connectivity index (χ0v) is 10.8. The summed E-state index contributed by atoms with van der Waals surface area (Å²) in [7, 11) is -3.46. The summed E-state index contributed by atoms with van der Waals surface area (Å²) in [5.74, 6) is 0. The molecule has 0 unspecified atom stereocenters. The normalized spacial score (nSPS) is 17.1. The minimum atomic E-state index is -3.46. The summed E-state index contributed by atoms with van der Waals surface area (Å²) in [4.78, 5) is 10.9. The quantitative estimate of drug-likeness (QED) is 0.767. The lowest BCUT2D eigenvalue weighted by Crippen LogP contribution is -2.25. The van der Waals surface area contributed by atoms with Crippen LogP contribution in [0.5, 0.6) is 0 Å². The molecule has 0 atom stereocenters. The maximum atomic E-state index is 12.2. The van der Waals surface area contributed by atoms with Gasteiger partial charge in [-0.3, -0.25) is 9.48 Å². The molecule has 94 valence electrons. The summed E-state index contributed by atoms with van der Waals surface area (Å²) in [5, 5.41) is 3.61. The summed E-state index contributed by atoms with van der Waals surface area (Å²) < 4.78 is 26.0. The Labute approximate surface area is 101 Å². The van der Waals surface area contributed by atoms with Crippen molar-refractivity contribution in [1.29, 1.82) is 0 Å². The van der Waals surface area contributed by atoms with Crippen LogP contribution in [-0.4, -0.2) is 29.7 Å². The summed E-state index contributed by atoms with van der Waals surface area (Å²) in [5.41, 5.74) is 0.172. The Bertz CT molecular complexity index is 527. The first kappa shape index (κ1) is 12.3. The highest BCUT2D eigenvalue weighted by Gasteiger charge is 2.32. The van der Waals surface area contributed by atoms with Gasteiger partial charge in [-0.05, 0) is 33.1 Å². The smallest absolute Gasteiger partial charge is 0.198 e. The minimum Gasteiger partial charge on any atom is -0.298 e. The van der Waals surface area contributed by atoms with Crippen LogP contribution in [0.25, 0.3) is 0 Å². The molecule has 0 spiro atoms. The van der Waals surface area contributed by atoms with Crippen molar-refractivity contribution in [3.63, 3.8) is 0 Å². The molecule has 1 saturated carbocycles. The van der Waals surface area contributed by atoms with Crippen LogP contribution < -0.4 is 0 Å².